The Bertz CT molecular complexity index is 756. The molecule has 7 heteroatoms. The zero-order chi connectivity index (χ0) is 20.4. The molecule has 0 unspecified atom stereocenters. The van der Waals surface area contributed by atoms with Gasteiger partial charge in [0.2, 0.25) is 6.04 Å². The van der Waals surface area contributed by atoms with Gasteiger partial charge in [-0.05, 0) is 39.7 Å². The van der Waals surface area contributed by atoms with Gasteiger partial charge in [-0.25, -0.2) is 0 Å². The molecular weight excluding hydrogens is 350 g/mol. The number of carbonyl (C=O) groups excluding carboxylic acids is 3. The Kier molecular flexibility index (Phi) is 6.13. The van der Waals surface area contributed by atoms with E-state index in [0.717, 1.165) is 5.56 Å². The Hall–Kier alpha value is -2.57. The molecule has 0 N–H and O–H groups in total. The predicted octanol–water partition coefficient (Wildman–Crippen LogP) is 2.86. The van der Waals surface area contributed by atoms with Crippen LogP contribution in [-0.4, -0.2) is 35.1 Å². The fourth-order valence-electron chi connectivity index (χ4n) is 4.31. The molecule has 7 nitrogen and oxygen atoms in total. The molecule has 0 saturated heterocycles. The highest BCUT2D eigenvalue weighted by molar-refractivity contribution is 6.04. The maximum absolute atomic E-state index is 12.9. The standard InChI is InChI=1S/C20H25NO6/c1-5-27-19(24)20(14(4)23)11-16(10-13(3)22)18(21(25)26)17(20)15-8-6-12(2)7-9-15/h6-9,16-18H,5,10-11H2,1-4H3/t16-,17+,18-,20+/m1/s1. The second-order valence-electron chi connectivity index (χ2n) is 7.28. The topological polar surface area (TPSA) is 104 Å². The molecule has 1 aromatic carbocycles. The van der Waals surface area contributed by atoms with Gasteiger partial charge >= 0.3 is 5.97 Å². The highest BCUT2D eigenvalue weighted by atomic mass is 16.6. The third kappa shape index (κ3) is 3.77. The number of ketones is 2. The van der Waals surface area contributed by atoms with E-state index in [1.165, 1.54) is 13.8 Å². The van der Waals surface area contributed by atoms with Crippen LogP contribution in [0.5, 0.6) is 0 Å². The van der Waals surface area contributed by atoms with Crippen molar-refractivity contribution in [3.63, 3.8) is 0 Å². The number of rotatable bonds is 7. The highest BCUT2D eigenvalue weighted by Crippen LogP contribution is 2.55. The first kappa shape index (κ1) is 20.7. The number of hydrogen-bond acceptors (Lipinski definition) is 6. The van der Waals surface area contributed by atoms with Crippen LogP contribution in [-0.2, 0) is 19.1 Å². The zero-order valence-electron chi connectivity index (χ0n) is 16.1. The number of ether oxygens (including phenoxy) is 1. The van der Waals surface area contributed by atoms with E-state index >= 15 is 0 Å². The van der Waals surface area contributed by atoms with Gasteiger partial charge in [-0.2, -0.15) is 0 Å². The molecule has 146 valence electrons. The summed E-state index contributed by atoms with van der Waals surface area (Å²) in [5.74, 6) is -3.12. The van der Waals surface area contributed by atoms with Crippen LogP contribution in [0.2, 0.25) is 0 Å². The summed E-state index contributed by atoms with van der Waals surface area (Å²) in [7, 11) is 0. The third-order valence-corrected chi connectivity index (χ3v) is 5.44. The van der Waals surface area contributed by atoms with Gasteiger partial charge in [0.1, 0.15) is 17.0 Å². The quantitative estimate of drug-likeness (QED) is 0.314. The Labute approximate surface area is 158 Å². The first-order chi connectivity index (χ1) is 12.6. The summed E-state index contributed by atoms with van der Waals surface area (Å²) in [6, 6.07) is 5.79. The van der Waals surface area contributed by atoms with Crippen molar-refractivity contribution in [1.82, 2.24) is 0 Å². The smallest absolute Gasteiger partial charge is 0.320 e. The average Bonchev–Trinajstić information content (AvgIpc) is 2.91. The van der Waals surface area contributed by atoms with Gasteiger partial charge in [0.15, 0.2) is 0 Å². The van der Waals surface area contributed by atoms with Crippen molar-refractivity contribution in [2.45, 2.75) is 52.5 Å². The van der Waals surface area contributed by atoms with Gasteiger partial charge in [0.05, 0.1) is 12.5 Å². The van der Waals surface area contributed by atoms with Crippen molar-refractivity contribution in [1.29, 1.82) is 0 Å². The van der Waals surface area contributed by atoms with Crippen molar-refractivity contribution in [2.75, 3.05) is 6.61 Å². The first-order valence-electron chi connectivity index (χ1n) is 9.02. The molecule has 1 fully saturated rings. The Morgan fingerprint density at radius 1 is 1.22 bits per heavy atom. The van der Waals surface area contributed by atoms with Crippen molar-refractivity contribution in [3.05, 3.63) is 45.5 Å². The lowest BCUT2D eigenvalue weighted by molar-refractivity contribution is -0.532. The molecule has 27 heavy (non-hydrogen) atoms. The number of carbonyl (C=O) groups is 3. The minimum Gasteiger partial charge on any atom is -0.465 e. The molecule has 0 spiro atoms. The van der Waals surface area contributed by atoms with E-state index in [9.17, 15) is 24.5 Å². The SMILES string of the molecule is CCOC(=O)[C@]1(C(C)=O)C[C@@H](CC(C)=O)[C@@H]([N+](=O)[O-])[C@@H]1c1ccc(C)cc1. The second-order valence-corrected chi connectivity index (χ2v) is 7.28. The molecule has 1 saturated carbocycles. The number of esters is 1. The number of nitrogens with zero attached hydrogens (tertiary/aromatic N) is 1. The van der Waals surface area contributed by atoms with E-state index in [2.05, 4.69) is 0 Å². The largest absolute Gasteiger partial charge is 0.465 e. The van der Waals surface area contributed by atoms with Crippen LogP contribution in [0.25, 0.3) is 0 Å². The zero-order valence-corrected chi connectivity index (χ0v) is 16.1. The normalized spacial score (nSPS) is 27.2. The molecule has 1 aromatic rings. The number of Topliss-reactive ketones (excluding diaryl/α,β-unsaturated/α-hetero) is 2. The van der Waals surface area contributed by atoms with Gasteiger partial charge < -0.3 is 9.53 Å². The molecule has 0 amide bonds. The van der Waals surface area contributed by atoms with E-state index in [-0.39, 0.29) is 25.2 Å². The molecule has 2 rings (SSSR count). The number of benzene rings is 1. The van der Waals surface area contributed by atoms with Crippen LogP contribution in [0, 0.1) is 28.4 Å². The summed E-state index contributed by atoms with van der Waals surface area (Å²) in [6.45, 7) is 6.20. The van der Waals surface area contributed by atoms with Crippen LogP contribution >= 0.6 is 0 Å². The van der Waals surface area contributed by atoms with Gasteiger partial charge in [-0.3, -0.25) is 19.7 Å². The summed E-state index contributed by atoms with van der Waals surface area (Å²) in [5.41, 5.74) is -0.167. The maximum Gasteiger partial charge on any atom is 0.320 e. The van der Waals surface area contributed by atoms with Crippen LogP contribution in [0.4, 0.5) is 0 Å². The maximum atomic E-state index is 12.9. The molecule has 0 heterocycles. The van der Waals surface area contributed by atoms with Gasteiger partial charge in [-0.15, -0.1) is 0 Å². The Morgan fingerprint density at radius 2 is 1.81 bits per heavy atom. The van der Waals surface area contributed by atoms with Crippen molar-refractivity contribution >= 4 is 17.5 Å². The van der Waals surface area contributed by atoms with Crippen molar-refractivity contribution < 1.29 is 24.0 Å². The molecule has 1 aliphatic rings. The second kappa shape index (κ2) is 7.98. The van der Waals surface area contributed by atoms with Crippen molar-refractivity contribution in [3.8, 4) is 0 Å². The first-order valence-corrected chi connectivity index (χ1v) is 9.02. The fourth-order valence-corrected chi connectivity index (χ4v) is 4.31. The van der Waals surface area contributed by atoms with Crippen molar-refractivity contribution in [2.24, 2.45) is 11.3 Å². The molecule has 1 aliphatic carbocycles. The van der Waals surface area contributed by atoms with Crippen LogP contribution in [0.3, 0.4) is 0 Å². The Balaban J connectivity index is 2.70. The summed E-state index contributed by atoms with van der Waals surface area (Å²) in [4.78, 5) is 48.9. The third-order valence-electron chi connectivity index (χ3n) is 5.44. The predicted molar refractivity (Wildman–Crippen MR) is 97.9 cm³/mol. The fraction of sp³-hybridized carbons (Fsp3) is 0.550. The lowest BCUT2D eigenvalue weighted by atomic mass is 9.70. The average molecular weight is 375 g/mol. The lowest BCUT2D eigenvalue weighted by Crippen LogP contribution is -2.44. The van der Waals surface area contributed by atoms with Crippen LogP contribution in [0.1, 0.15) is 50.7 Å². The molecule has 0 aliphatic heterocycles. The monoisotopic (exact) mass is 375 g/mol. The van der Waals surface area contributed by atoms with E-state index in [0.29, 0.717) is 5.56 Å². The van der Waals surface area contributed by atoms with Crippen LogP contribution < -0.4 is 0 Å². The molecule has 4 atom stereocenters. The molecule has 0 aromatic heterocycles. The van der Waals surface area contributed by atoms with E-state index in [1.54, 1.807) is 31.2 Å². The molecule has 0 radical (unpaired) electrons. The minimum absolute atomic E-state index is 0.0531. The van der Waals surface area contributed by atoms with Gasteiger partial charge in [0.25, 0.3) is 0 Å². The summed E-state index contributed by atoms with van der Waals surface area (Å²) < 4.78 is 5.18. The highest BCUT2D eigenvalue weighted by Gasteiger charge is 2.66. The number of nitro groups is 1. The van der Waals surface area contributed by atoms with E-state index < -0.39 is 40.0 Å². The van der Waals surface area contributed by atoms with Gasteiger partial charge in [-0.1, -0.05) is 29.8 Å². The molecule has 0 bridgehead atoms. The summed E-state index contributed by atoms with van der Waals surface area (Å²) in [5, 5.41) is 12.0. The minimum atomic E-state index is -1.66. The van der Waals surface area contributed by atoms with Crippen LogP contribution in [0.15, 0.2) is 24.3 Å². The van der Waals surface area contributed by atoms with Gasteiger partial charge in [0, 0.05) is 17.3 Å². The summed E-state index contributed by atoms with van der Waals surface area (Å²) >= 11 is 0. The van der Waals surface area contributed by atoms with E-state index in [4.69, 9.17) is 4.74 Å². The lowest BCUT2D eigenvalue weighted by Gasteiger charge is -2.30. The summed E-state index contributed by atoms with van der Waals surface area (Å²) in [6.07, 6.45) is -0.118. The number of hydrogen-bond donors (Lipinski definition) is 0. The number of aryl methyl sites for hydroxylation is 1. The van der Waals surface area contributed by atoms with E-state index in [1.807, 2.05) is 6.92 Å². The Morgan fingerprint density at radius 3 is 2.26 bits per heavy atom. The molecular formula is C20H25NO6.